The lowest BCUT2D eigenvalue weighted by Crippen LogP contribution is -2.02. The van der Waals surface area contributed by atoms with E-state index in [2.05, 4.69) is 52.6 Å². The summed E-state index contributed by atoms with van der Waals surface area (Å²) < 4.78 is 0. The molecular weight excluding hydrogens is 224 g/mol. The van der Waals surface area contributed by atoms with Crippen molar-refractivity contribution in [2.75, 3.05) is 17.2 Å². The number of anilines is 3. The molecule has 0 amide bonds. The molecule has 0 atom stereocenters. The summed E-state index contributed by atoms with van der Waals surface area (Å²) in [6.07, 6.45) is 1.56. The van der Waals surface area contributed by atoms with Crippen LogP contribution >= 0.6 is 0 Å². The maximum absolute atomic E-state index is 4.23. The number of hydrogen-bond acceptors (Lipinski definition) is 4. The fraction of sp³-hybridized carbons (Fsp3) is 0.286. The molecule has 0 spiro atoms. The normalized spacial score (nSPS) is 10.2. The smallest absolute Gasteiger partial charge is 0.135 e. The Hall–Kier alpha value is -2.10. The number of nitrogens with zero attached hydrogens (tertiary/aromatic N) is 2. The van der Waals surface area contributed by atoms with Crippen LogP contribution < -0.4 is 10.6 Å². The number of aromatic nitrogens is 2. The molecule has 1 aromatic carbocycles. The molecular formula is C14H18N4. The van der Waals surface area contributed by atoms with Gasteiger partial charge in [-0.15, -0.1) is 0 Å². The first-order valence-electron chi connectivity index (χ1n) is 6.09. The largest absolute Gasteiger partial charge is 0.370 e. The molecule has 0 unspecified atom stereocenters. The van der Waals surface area contributed by atoms with Crippen LogP contribution in [0.1, 0.15) is 18.1 Å². The third-order valence-electron chi connectivity index (χ3n) is 2.68. The minimum Gasteiger partial charge on any atom is -0.370 e. The standard InChI is InChI=1S/C14H18N4/c1-4-15-13-8-14(17-9-16-13)18-12-7-10(2)5-6-11(12)3/h5-9H,4H2,1-3H3,(H2,15,16,17,18). The van der Waals surface area contributed by atoms with Crippen molar-refractivity contribution in [1.82, 2.24) is 9.97 Å². The summed E-state index contributed by atoms with van der Waals surface area (Å²) in [5.41, 5.74) is 3.50. The van der Waals surface area contributed by atoms with Crippen LogP contribution in [-0.4, -0.2) is 16.5 Å². The molecule has 0 bridgehead atoms. The topological polar surface area (TPSA) is 49.8 Å². The van der Waals surface area contributed by atoms with Crippen molar-refractivity contribution >= 4 is 17.3 Å². The molecule has 94 valence electrons. The summed E-state index contributed by atoms with van der Waals surface area (Å²) >= 11 is 0. The van der Waals surface area contributed by atoms with Gasteiger partial charge >= 0.3 is 0 Å². The maximum atomic E-state index is 4.23. The number of nitrogens with one attached hydrogen (secondary N) is 2. The maximum Gasteiger partial charge on any atom is 0.135 e. The molecule has 1 heterocycles. The van der Waals surface area contributed by atoms with E-state index < -0.39 is 0 Å². The molecule has 2 N–H and O–H groups in total. The monoisotopic (exact) mass is 242 g/mol. The quantitative estimate of drug-likeness (QED) is 0.864. The minimum absolute atomic E-state index is 0.801. The molecule has 0 radical (unpaired) electrons. The molecule has 4 heteroatoms. The molecule has 0 saturated heterocycles. The average molecular weight is 242 g/mol. The zero-order valence-electron chi connectivity index (χ0n) is 11.0. The van der Waals surface area contributed by atoms with Gasteiger partial charge in [-0.2, -0.15) is 0 Å². The lowest BCUT2D eigenvalue weighted by Gasteiger charge is -2.10. The minimum atomic E-state index is 0.801. The summed E-state index contributed by atoms with van der Waals surface area (Å²) in [4.78, 5) is 8.37. The summed E-state index contributed by atoms with van der Waals surface area (Å²) in [6.45, 7) is 7.04. The van der Waals surface area contributed by atoms with Gasteiger partial charge < -0.3 is 10.6 Å². The van der Waals surface area contributed by atoms with Gasteiger partial charge in [-0.3, -0.25) is 0 Å². The summed E-state index contributed by atoms with van der Waals surface area (Å²) in [5.74, 6) is 1.63. The van der Waals surface area contributed by atoms with Crippen molar-refractivity contribution < 1.29 is 0 Å². The van der Waals surface area contributed by atoms with Gasteiger partial charge in [-0.05, 0) is 38.0 Å². The number of rotatable bonds is 4. The van der Waals surface area contributed by atoms with E-state index in [4.69, 9.17) is 0 Å². The fourth-order valence-electron chi connectivity index (χ4n) is 1.71. The summed E-state index contributed by atoms with van der Waals surface area (Å²) in [5, 5.41) is 6.49. The predicted molar refractivity (Wildman–Crippen MR) is 75.4 cm³/mol. The van der Waals surface area contributed by atoms with E-state index in [0.29, 0.717) is 0 Å². The molecule has 0 aliphatic rings. The molecule has 1 aromatic heterocycles. The van der Waals surface area contributed by atoms with Gasteiger partial charge in [0, 0.05) is 18.3 Å². The molecule has 2 rings (SSSR count). The Morgan fingerprint density at radius 1 is 1.06 bits per heavy atom. The third-order valence-corrected chi connectivity index (χ3v) is 2.68. The van der Waals surface area contributed by atoms with Crippen molar-refractivity contribution in [3.63, 3.8) is 0 Å². The van der Waals surface area contributed by atoms with Crippen LogP contribution in [0.4, 0.5) is 17.3 Å². The van der Waals surface area contributed by atoms with Crippen molar-refractivity contribution in [1.29, 1.82) is 0 Å². The second-order valence-electron chi connectivity index (χ2n) is 4.26. The summed E-state index contributed by atoms with van der Waals surface area (Å²) in [6, 6.07) is 8.23. The second-order valence-corrected chi connectivity index (χ2v) is 4.26. The van der Waals surface area contributed by atoms with Crippen LogP contribution in [0.3, 0.4) is 0 Å². The van der Waals surface area contributed by atoms with Gasteiger partial charge in [0.25, 0.3) is 0 Å². The average Bonchev–Trinajstić information content (AvgIpc) is 2.35. The molecule has 4 nitrogen and oxygen atoms in total. The Morgan fingerprint density at radius 2 is 1.83 bits per heavy atom. The molecule has 0 saturated carbocycles. The highest BCUT2D eigenvalue weighted by Crippen LogP contribution is 2.21. The number of hydrogen-bond donors (Lipinski definition) is 2. The van der Waals surface area contributed by atoms with E-state index in [9.17, 15) is 0 Å². The number of aryl methyl sites for hydroxylation is 2. The van der Waals surface area contributed by atoms with Crippen LogP contribution in [0.25, 0.3) is 0 Å². The van der Waals surface area contributed by atoms with Crippen molar-refractivity contribution in [3.8, 4) is 0 Å². The van der Waals surface area contributed by atoms with E-state index in [1.807, 2.05) is 13.0 Å². The van der Waals surface area contributed by atoms with E-state index in [-0.39, 0.29) is 0 Å². The van der Waals surface area contributed by atoms with Crippen LogP contribution in [0.2, 0.25) is 0 Å². The SMILES string of the molecule is CCNc1cc(Nc2cc(C)ccc2C)ncn1. The molecule has 0 fully saturated rings. The first kappa shape index (κ1) is 12.4. The van der Waals surface area contributed by atoms with E-state index in [1.54, 1.807) is 6.33 Å². The van der Waals surface area contributed by atoms with E-state index >= 15 is 0 Å². The molecule has 0 aliphatic heterocycles. The third kappa shape index (κ3) is 2.97. The highest BCUT2D eigenvalue weighted by atomic mass is 15.1. The second kappa shape index (κ2) is 5.49. The van der Waals surface area contributed by atoms with E-state index in [1.165, 1.54) is 11.1 Å². The van der Waals surface area contributed by atoms with Crippen molar-refractivity contribution in [3.05, 3.63) is 41.7 Å². The van der Waals surface area contributed by atoms with Crippen molar-refractivity contribution in [2.24, 2.45) is 0 Å². The van der Waals surface area contributed by atoms with Gasteiger partial charge in [0.1, 0.15) is 18.0 Å². The predicted octanol–water partition coefficient (Wildman–Crippen LogP) is 3.27. The van der Waals surface area contributed by atoms with Crippen LogP contribution in [0.15, 0.2) is 30.6 Å². The van der Waals surface area contributed by atoms with Crippen LogP contribution in [0.5, 0.6) is 0 Å². The first-order chi connectivity index (χ1) is 8.69. The van der Waals surface area contributed by atoms with Gasteiger partial charge in [0.05, 0.1) is 0 Å². The molecule has 2 aromatic rings. The van der Waals surface area contributed by atoms with Gasteiger partial charge in [-0.1, -0.05) is 12.1 Å². The zero-order chi connectivity index (χ0) is 13.0. The van der Waals surface area contributed by atoms with Gasteiger partial charge in [-0.25, -0.2) is 9.97 Å². The highest BCUT2D eigenvalue weighted by molar-refractivity contribution is 5.62. The van der Waals surface area contributed by atoms with Crippen LogP contribution in [0, 0.1) is 13.8 Å². The lowest BCUT2D eigenvalue weighted by atomic mass is 10.1. The highest BCUT2D eigenvalue weighted by Gasteiger charge is 2.02. The Morgan fingerprint density at radius 3 is 2.61 bits per heavy atom. The summed E-state index contributed by atoms with van der Waals surface area (Å²) in [7, 11) is 0. The zero-order valence-corrected chi connectivity index (χ0v) is 11.0. The molecule has 0 aliphatic carbocycles. The number of benzene rings is 1. The van der Waals surface area contributed by atoms with Gasteiger partial charge in [0.2, 0.25) is 0 Å². The Balaban J connectivity index is 2.22. The molecule has 18 heavy (non-hydrogen) atoms. The van der Waals surface area contributed by atoms with Crippen LogP contribution in [-0.2, 0) is 0 Å². The fourth-order valence-corrected chi connectivity index (χ4v) is 1.71. The Bertz CT molecular complexity index is 537. The lowest BCUT2D eigenvalue weighted by molar-refractivity contribution is 1.11. The van der Waals surface area contributed by atoms with Crippen molar-refractivity contribution in [2.45, 2.75) is 20.8 Å². The first-order valence-corrected chi connectivity index (χ1v) is 6.09. The Kier molecular flexibility index (Phi) is 3.77. The van der Waals surface area contributed by atoms with E-state index in [0.717, 1.165) is 23.9 Å². The van der Waals surface area contributed by atoms with Gasteiger partial charge in [0.15, 0.2) is 0 Å². The Labute approximate surface area is 107 Å².